The highest BCUT2D eigenvalue weighted by molar-refractivity contribution is 5.95. The molecule has 174 valence electrons. The van der Waals surface area contributed by atoms with Gasteiger partial charge in [0, 0.05) is 17.8 Å². The number of aryl methyl sites for hydroxylation is 1. The minimum atomic E-state index is -4.89. The summed E-state index contributed by atoms with van der Waals surface area (Å²) in [6.45, 7) is 1.74. The molecule has 3 aromatic rings. The molecular weight excluding hydrogens is 460 g/mol. The first kappa shape index (κ1) is 22.7. The van der Waals surface area contributed by atoms with Gasteiger partial charge in [0.1, 0.15) is 23.3 Å². The monoisotopic (exact) mass is 474 g/mol. The summed E-state index contributed by atoms with van der Waals surface area (Å²) < 4.78 is 67.0. The van der Waals surface area contributed by atoms with E-state index in [2.05, 4.69) is 25.3 Å². The number of anilines is 1. The van der Waals surface area contributed by atoms with Gasteiger partial charge in [-0.2, -0.15) is 22.8 Å². The third-order valence-electron chi connectivity index (χ3n) is 4.61. The number of pyridine rings is 1. The Morgan fingerprint density at radius 1 is 1.00 bits per heavy atom. The number of nitriles is 1. The minimum Gasteiger partial charge on any atom is -0.457 e. The van der Waals surface area contributed by atoms with E-state index in [9.17, 15) is 22.4 Å². The first-order valence-electron chi connectivity index (χ1n) is 9.57. The van der Waals surface area contributed by atoms with Gasteiger partial charge in [0.15, 0.2) is 11.5 Å². The van der Waals surface area contributed by atoms with Crippen LogP contribution >= 0.6 is 0 Å². The summed E-state index contributed by atoms with van der Waals surface area (Å²) in [5.74, 6) is -1.18. The quantitative estimate of drug-likeness (QED) is 0.406. The van der Waals surface area contributed by atoms with E-state index >= 15 is 0 Å². The molecule has 0 spiro atoms. The maximum Gasteiger partial charge on any atom is 0.507 e. The number of benzene rings is 2. The average molecular weight is 474 g/mol. The summed E-state index contributed by atoms with van der Waals surface area (Å²) in [7, 11) is 0. The molecule has 12 heteroatoms. The largest absolute Gasteiger partial charge is 0.507 e. The zero-order valence-corrected chi connectivity index (χ0v) is 17.2. The van der Waals surface area contributed by atoms with Crippen molar-refractivity contribution in [2.75, 3.05) is 5.43 Å². The lowest BCUT2D eigenvalue weighted by Crippen LogP contribution is -2.52. The fraction of sp³-hybridized carbons (Fsp3) is 0.136. The van der Waals surface area contributed by atoms with Crippen LogP contribution in [0.1, 0.15) is 21.6 Å². The van der Waals surface area contributed by atoms with E-state index in [0.29, 0.717) is 22.7 Å². The standard InChI is InChI=1S/C22H14F4N4O4/c1-12-8-15(32-16-6-7-28-14(10-16)11-27)3-4-17(12)29-30-20(31)13-2-5-18-19(9-13)34-22(25,26)21(23,24)33-18/h2-10,29H,1H3,(H,30,31). The van der Waals surface area contributed by atoms with Crippen molar-refractivity contribution in [2.45, 2.75) is 19.1 Å². The number of halogens is 4. The summed E-state index contributed by atoms with van der Waals surface area (Å²) in [5.41, 5.74) is 6.30. The SMILES string of the molecule is Cc1cc(Oc2ccnc(C#N)c2)ccc1NNC(=O)c1ccc2c(c1)OC(F)(F)C(F)(F)O2. The molecule has 2 N–H and O–H groups in total. The highest BCUT2D eigenvalue weighted by Gasteiger charge is 2.65. The molecule has 1 aromatic heterocycles. The lowest BCUT2D eigenvalue weighted by molar-refractivity contribution is -0.391. The normalized spacial score (nSPS) is 15.1. The van der Waals surface area contributed by atoms with Crippen molar-refractivity contribution in [1.29, 1.82) is 5.26 Å². The number of ether oxygens (including phenoxy) is 3. The number of hydrazine groups is 1. The second-order valence-electron chi connectivity index (χ2n) is 7.05. The third kappa shape index (κ3) is 4.49. The van der Waals surface area contributed by atoms with Gasteiger partial charge in [-0.25, -0.2) is 4.98 Å². The number of carbonyl (C=O) groups excluding carboxylic acids is 1. The van der Waals surface area contributed by atoms with Gasteiger partial charge in [0.05, 0.1) is 5.69 Å². The highest BCUT2D eigenvalue weighted by Crippen LogP contribution is 2.47. The summed E-state index contributed by atoms with van der Waals surface area (Å²) >= 11 is 0. The van der Waals surface area contributed by atoms with Gasteiger partial charge >= 0.3 is 12.2 Å². The van der Waals surface area contributed by atoms with Crippen molar-refractivity contribution in [1.82, 2.24) is 10.4 Å². The zero-order valence-electron chi connectivity index (χ0n) is 17.2. The van der Waals surface area contributed by atoms with Crippen LogP contribution in [-0.2, 0) is 0 Å². The van der Waals surface area contributed by atoms with Crippen LogP contribution in [0.3, 0.4) is 0 Å². The average Bonchev–Trinajstić information content (AvgIpc) is 2.78. The Balaban J connectivity index is 1.42. The van der Waals surface area contributed by atoms with Crippen LogP contribution in [0.15, 0.2) is 54.7 Å². The molecule has 0 atom stereocenters. The van der Waals surface area contributed by atoms with E-state index in [4.69, 9.17) is 10.00 Å². The van der Waals surface area contributed by atoms with Crippen LogP contribution < -0.4 is 25.1 Å². The molecule has 0 saturated carbocycles. The van der Waals surface area contributed by atoms with Crippen LogP contribution in [0.5, 0.6) is 23.0 Å². The van der Waals surface area contributed by atoms with Crippen LogP contribution in [0.4, 0.5) is 23.2 Å². The Labute approximate surface area is 189 Å². The summed E-state index contributed by atoms with van der Waals surface area (Å²) in [5, 5.41) is 8.91. The van der Waals surface area contributed by atoms with Crippen molar-refractivity contribution >= 4 is 11.6 Å². The molecule has 0 aliphatic carbocycles. The molecule has 1 amide bonds. The number of aromatic nitrogens is 1. The maximum atomic E-state index is 13.4. The van der Waals surface area contributed by atoms with Crippen molar-refractivity contribution in [3.8, 4) is 29.1 Å². The highest BCUT2D eigenvalue weighted by atomic mass is 19.3. The topological polar surface area (TPSA) is 106 Å². The maximum absolute atomic E-state index is 13.4. The van der Waals surface area contributed by atoms with Gasteiger partial charge in [0.2, 0.25) is 0 Å². The number of carbonyl (C=O) groups is 1. The molecule has 0 fully saturated rings. The van der Waals surface area contributed by atoms with Crippen LogP contribution in [0.2, 0.25) is 0 Å². The fourth-order valence-electron chi connectivity index (χ4n) is 2.92. The van der Waals surface area contributed by atoms with E-state index in [1.807, 2.05) is 6.07 Å². The van der Waals surface area contributed by atoms with Crippen molar-refractivity contribution in [3.05, 3.63) is 71.5 Å². The summed E-state index contributed by atoms with van der Waals surface area (Å²) in [6, 6.07) is 12.8. The Hall–Kier alpha value is -4.53. The number of alkyl halides is 4. The number of fused-ring (bicyclic) bond motifs is 1. The molecule has 0 radical (unpaired) electrons. The van der Waals surface area contributed by atoms with E-state index in [-0.39, 0.29) is 11.3 Å². The van der Waals surface area contributed by atoms with Gasteiger partial charge in [-0.15, -0.1) is 0 Å². The summed E-state index contributed by atoms with van der Waals surface area (Å²) in [4.78, 5) is 16.3. The Morgan fingerprint density at radius 2 is 1.71 bits per heavy atom. The first-order chi connectivity index (χ1) is 16.1. The van der Waals surface area contributed by atoms with Gasteiger partial charge in [0.25, 0.3) is 5.91 Å². The zero-order chi connectivity index (χ0) is 24.5. The van der Waals surface area contributed by atoms with E-state index < -0.39 is 29.6 Å². The molecule has 34 heavy (non-hydrogen) atoms. The third-order valence-corrected chi connectivity index (χ3v) is 4.61. The molecule has 8 nitrogen and oxygen atoms in total. The lowest BCUT2D eigenvalue weighted by Gasteiger charge is -2.31. The minimum absolute atomic E-state index is 0.139. The number of nitrogens with one attached hydrogen (secondary N) is 2. The van der Waals surface area contributed by atoms with Gasteiger partial charge in [-0.3, -0.25) is 15.6 Å². The van der Waals surface area contributed by atoms with Crippen LogP contribution in [0.25, 0.3) is 0 Å². The van der Waals surface area contributed by atoms with Crippen molar-refractivity contribution in [2.24, 2.45) is 0 Å². The molecule has 2 heterocycles. The first-order valence-corrected chi connectivity index (χ1v) is 9.57. The molecular formula is C22H14F4N4O4. The van der Waals surface area contributed by atoms with E-state index in [1.165, 1.54) is 12.3 Å². The van der Waals surface area contributed by atoms with Gasteiger partial charge < -0.3 is 14.2 Å². The molecule has 0 bridgehead atoms. The van der Waals surface area contributed by atoms with E-state index in [0.717, 1.165) is 18.2 Å². The molecule has 4 rings (SSSR count). The number of hydrogen-bond donors (Lipinski definition) is 2. The fourth-order valence-corrected chi connectivity index (χ4v) is 2.92. The number of hydrogen-bond acceptors (Lipinski definition) is 7. The van der Waals surface area contributed by atoms with Gasteiger partial charge in [-0.1, -0.05) is 0 Å². The molecule has 0 unspecified atom stereocenters. The predicted octanol–water partition coefficient (Wildman–Crippen LogP) is 4.77. The Morgan fingerprint density at radius 3 is 2.41 bits per heavy atom. The summed E-state index contributed by atoms with van der Waals surface area (Å²) in [6.07, 6.45) is -8.29. The smallest absolute Gasteiger partial charge is 0.457 e. The Bertz CT molecular complexity index is 1310. The number of amides is 1. The number of rotatable bonds is 5. The molecule has 1 aliphatic heterocycles. The lowest BCUT2D eigenvalue weighted by atomic mass is 10.1. The molecule has 2 aromatic carbocycles. The second kappa shape index (κ2) is 8.43. The van der Waals surface area contributed by atoms with Crippen LogP contribution in [-0.4, -0.2) is 23.1 Å². The Kier molecular flexibility index (Phi) is 5.62. The van der Waals surface area contributed by atoms with Crippen molar-refractivity contribution in [3.63, 3.8) is 0 Å². The van der Waals surface area contributed by atoms with E-state index in [1.54, 1.807) is 31.2 Å². The second-order valence-corrected chi connectivity index (χ2v) is 7.05. The predicted molar refractivity (Wildman–Crippen MR) is 109 cm³/mol. The van der Waals surface area contributed by atoms with Crippen LogP contribution in [0, 0.1) is 18.3 Å². The van der Waals surface area contributed by atoms with Gasteiger partial charge in [-0.05, 0) is 55.0 Å². The van der Waals surface area contributed by atoms with Crippen molar-refractivity contribution < 1.29 is 36.6 Å². The molecule has 0 saturated heterocycles. The molecule has 1 aliphatic rings. The number of nitrogens with zero attached hydrogens (tertiary/aromatic N) is 2.